The van der Waals surface area contributed by atoms with E-state index >= 15 is 0 Å². The number of hydrogen-bond donors (Lipinski definition) is 0. The van der Waals surface area contributed by atoms with E-state index in [1.54, 1.807) is 0 Å². The van der Waals surface area contributed by atoms with Gasteiger partial charge in [0.1, 0.15) is 0 Å². The van der Waals surface area contributed by atoms with Crippen molar-refractivity contribution in [2.45, 2.75) is 0 Å². The van der Waals surface area contributed by atoms with Gasteiger partial charge in [-0.2, -0.15) is 0 Å². The minimum atomic E-state index is -0.528. The van der Waals surface area contributed by atoms with Crippen LogP contribution >= 0.6 is 15.8 Å². The van der Waals surface area contributed by atoms with E-state index in [1.165, 1.54) is 21.2 Å². The minimum absolute atomic E-state index is 0. The maximum Gasteiger partial charge on any atom is 0 e. The van der Waals surface area contributed by atoms with Gasteiger partial charge in [-0.05, 0) is 37.1 Å². The van der Waals surface area contributed by atoms with Crippen molar-refractivity contribution in [3.8, 4) is 0 Å². The zero-order valence-electron chi connectivity index (χ0n) is 18.7. The van der Waals surface area contributed by atoms with Gasteiger partial charge < -0.3 is 0 Å². The molecule has 0 atom stereocenters. The van der Waals surface area contributed by atoms with Gasteiger partial charge in [0.05, 0.1) is 0 Å². The second-order valence-corrected chi connectivity index (χ2v) is 10.5. The van der Waals surface area contributed by atoms with Crippen molar-refractivity contribution in [2.24, 2.45) is 0 Å². The van der Waals surface area contributed by atoms with Crippen LogP contribution in [-0.2, 0) is 31.0 Å². The van der Waals surface area contributed by atoms with Gasteiger partial charge in [0.25, 0.3) is 0 Å². The van der Waals surface area contributed by atoms with Crippen molar-refractivity contribution in [3.63, 3.8) is 0 Å². The van der Waals surface area contributed by atoms with Crippen LogP contribution in [0.3, 0.4) is 0 Å². The monoisotopic (exact) mass is 535 g/mol. The maximum atomic E-state index is 7.50. The van der Waals surface area contributed by atoms with Crippen molar-refractivity contribution in [1.29, 1.82) is 0 Å². The fourth-order valence-corrected chi connectivity index (χ4v) is 7.45. The van der Waals surface area contributed by atoms with Crippen molar-refractivity contribution in [3.05, 3.63) is 153 Å². The van der Waals surface area contributed by atoms with Crippen molar-refractivity contribution in [2.75, 3.05) is 0 Å². The van der Waals surface area contributed by atoms with Gasteiger partial charge in [0.2, 0.25) is 0 Å². The summed E-state index contributed by atoms with van der Waals surface area (Å²) in [6.45, 7) is 13.5. The fraction of sp³-hybridized carbons (Fsp3) is 0. The van der Waals surface area contributed by atoms with E-state index < -0.39 is 15.8 Å². The second kappa shape index (κ2) is 20.6. The van der Waals surface area contributed by atoms with Crippen LogP contribution in [0.25, 0.3) is 0 Å². The molecule has 3 nitrogen and oxygen atoms in total. The van der Waals surface area contributed by atoms with Crippen molar-refractivity contribution in [1.82, 2.24) is 0 Å². The van der Waals surface area contributed by atoms with Crippen LogP contribution in [0.4, 0.5) is 0 Å². The zero-order valence-corrected chi connectivity index (χ0v) is 21.7. The Morgan fingerprint density at radius 2 is 0.543 bits per heavy atom. The summed E-state index contributed by atoms with van der Waals surface area (Å²) in [5.41, 5.74) is 0. The zero-order chi connectivity index (χ0) is 25.0. The molecular weight excluding hydrogens is 513 g/mol. The molecule has 35 heavy (non-hydrogen) atoms. The third kappa shape index (κ3) is 10.6. The molecule has 4 aromatic carbocycles. The number of rotatable bonds is 6. The molecule has 0 heterocycles. The molecule has 6 heteroatoms. The number of benzene rings is 4. The van der Waals surface area contributed by atoms with Gasteiger partial charge in [-0.3, -0.25) is 0 Å². The Labute approximate surface area is 220 Å². The molecule has 0 saturated heterocycles. The van der Waals surface area contributed by atoms with Crippen LogP contribution < -0.4 is 21.2 Å². The molecule has 0 aliphatic rings. The standard InChI is InChI=1S/C26H22P2.3CO.Mn/c1-5-13-23(14-6-1)27(24-15-7-2-8-16-24)21-22-28(25-17-9-3-10-18-25)26-19-11-4-12-20-26;3*1-2;/h1-22H;;;;/b22-21-;;;;. The third-order valence-electron chi connectivity index (χ3n) is 4.50. The molecule has 0 aliphatic carbocycles. The molecule has 0 bridgehead atoms. The molecule has 173 valence electrons. The van der Waals surface area contributed by atoms with E-state index in [1.807, 2.05) is 0 Å². The molecule has 4 rings (SSSR count). The quantitative estimate of drug-likeness (QED) is 0.134. The Hall–Kier alpha value is -2.78. The largest absolute Gasteiger partial charge is 0 e. The normalized spacial score (nSPS) is 9.26. The second-order valence-electron chi connectivity index (χ2n) is 6.38. The van der Waals surface area contributed by atoms with E-state index in [0.717, 1.165) is 0 Å². The Morgan fingerprint density at radius 3 is 0.714 bits per heavy atom. The van der Waals surface area contributed by atoms with Crippen molar-refractivity contribution < 1.29 is 31.0 Å². The predicted molar refractivity (Wildman–Crippen MR) is 139 cm³/mol. The molecule has 1 radical (unpaired) electrons. The summed E-state index contributed by atoms with van der Waals surface area (Å²) in [6.07, 6.45) is 0. The summed E-state index contributed by atoms with van der Waals surface area (Å²) in [5.74, 6) is 4.90. The van der Waals surface area contributed by atoms with Crippen LogP contribution in [0, 0.1) is 20.0 Å². The first-order chi connectivity index (χ1) is 16.9. The van der Waals surface area contributed by atoms with Crippen LogP contribution in [0.15, 0.2) is 133 Å². The SMILES string of the molecule is C(=C/P(c1ccccc1)c1ccccc1)/P(c1ccccc1)c1ccccc1.[C-]#[O+].[C-]#[O+].[C-]#[O+].[Mn]. The smallest absolute Gasteiger partial charge is 0 e. The Balaban J connectivity index is 0.00000154. The van der Waals surface area contributed by atoms with Crippen LogP contribution in [-0.4, -0.2) is 0 Å². The maximum absolute atomic E-state index is 7.50. The number of hydrogen-bond acceptors (Lipinski definition) is 0. The van der Waals surface area contributed by atoms with Crippen LogP contribution in [0.2, 0.25) is 0 Å². The van der Waals surface area contributed by atoms with Gasteiger partial charge in [0.15, 0.2) is 0 Å². The summed E-state index contributed by atoms with van der Waals surface area (Å²) in [4.78, 5) is 0. The average Bonchev–Trinajstić information content (AvgIpc) is 2.96. The van der Waals surface area contributed by atoms with Crippen LogP contribution in [0.5, 0.6) is 0 Å². The van der Waals surface area contributed by atoms with E-state index in [9.17, 15) is 0 Å². The van der Waals surface area contributed by atoms with E-state index in [2.05, 4.69) is 153 Å². The molecule has 0 N–H and O–H groups in total. The van der Waals surface area contributed by atoms with Crippen molar-refractivity contribution >= 4 is 37.1 Å². The fourth-order valence-electron chi connectivity index (χ4n) is 3.13. The topological polar surface area (TPSA) is 59.7 Å². The first-order valence-corrected chi connectivity index (χ1v) is 12.8. The van der Waals surface area contributed by atoms with Gasteiger partial charge in [0, 0.05) is 17.1 Å². The molecule has 0 spiro atoms. The third-order valence-corrected chi connectivity index (χ3v) is 9.05. The molecular formula is C29H22MnO3P2. The summed E-state index contributed by atoms with van der Waals surface area (Å²) in [6, 6.07) is 43.4. The molecule has 4 aromatic rings. The van der Waals surface area contributed by atoms with E-state index in [-0.39, 0.29) is 17.1 Å². The molecule has 0 aliphatic heterocycles. The molecule has 0 fully saturated rings. The molecule has 0 unspecified atom stereocenters. The average molecular weight is 535 g/mol. The van der Waals surface area contributed by atoms with Gasteiger partial charge in [-0.1, -0.05) is 133 Å². The summed E-state index contributed by atoms with van der Waals surface area (Å²) < 4.78 is 22.5. The molecule has 0 aromatic heterocycles. The summed E-state index contributed by atoms with van der Waals surface area (Å²) in [7, 11) is -1.06. The Bertz CT molecular complexity index is 969. The first kappa shape index (κ1) is 32.2. The van der Waals surface area contributed by atoms with Gasteiger partial charge in [-0.25, -0.2) is 0 Å². The summed E-state index contributed by atoms with van der Waals surface area (Å²) in [5, 5.41) is 5.54. The first-order valence-electron chi connectivity index (χ1n) is 10.00. The Kier molecular flexibility index (Phi) is 18.9. The molecule has 0 saturated carbocycles. The summed E-state index contributed by atoms with van der Waals surface area (Å²) >= 11 is 0. The minimum Gasteiger partial charge on any atom is 0 e. The van der Waals surface area contributed by atoms with E-state index in [0.29, 0.717) is 0 Å². The predicted octanol–water partition coefficient (Wildman–Crippen LogP) is 5.61. The van der Waals surface area contributed by atoms with E-state index in [4.69, 9.17) is 14.0 Å². The molecule has 0 amide bonds. The van der Waals surface area contributed by atoms with Gasteiger partial charge >= 0.3 is 33.9 Å². The van der Waals surface area contributed by atoms with Gasteiger partial charge in [-0.15, -0.1) is 0 Å². The van der Waals surface area contributed by atoms with Crippen LogP contribution in [0.1, 0.15) is 0 Å². The Morgan fingerprint density at radius 1 is 0.371 bits per heavy atom.